The molecule has 2 fully saturated rings. The summed E-state index contributed by atoms with van der Waals surface area (Å²) in [5.74, 6) is 0.391. The van der Waals surface area contributed by atoms with Crippen molar-refractivity contribution in [3.8, 4) is 0 Å². The Hall–Kier alpha value is -1.63. The summed E-state index contributed by atoms with van der Waals surface area (Å²) in [6.45, 7) is 2.70. The molecule has 2 aliphatic heterocycles. The lowest BCUT2D eigenvalue weighted by Gasteiger charge is -2.22. The summed E-state index contributed by atoms with van der Waals surface area (Å²) in [5, 5.41) is 8.51. The number of carbonyl (C=O) groups is 3. The second-order valence-corrected chi connectivity index (χ2v) is 5.29. The van der Waals surface area contributed by atoms with Gasteiger partial charge in [-0.05, 0) is 38.3 Å². The minimum absolute atomic E-state index is 0.00409. The van der Waals surface area contributed by atoms with Crippen LogP contribution >= 0.6 is 0 Å². The fraction of sp³-hybridized carbons (Fsp3) is 0.769. The molecule has 2 heterocycles. The Morgan fingerprint density at radius 2 is 2.05 bits per heavy atom. The fourth-order valence-electron chi connectivity index (χ4n) is 2.58. The van der Waals surface area contributed by atoms with Crippen LogP contribution in [0.2, 0.25) is 0 Å². The van der Waals surface area contributed by atoms with Crippen molar-refractivity contribution in [3.63, 3.8) is 0 Å². The summed E-state index contributed by atoms with van der Waals surface area (Å²) in [5.41, 5.74) is 0. The van der Waals surface area contributed by atoms with E-state index in [1.807, 2.05) is 0 Å². The highest BCUT2D eigenvalue weighted by atomic mass is 16.2. The third-order valence-electron chi connectivity index (χ3n) is 3.83. The zero-order chi connectivity index (χ0) is 14.4. The zero-order valence-electron chi connectivity index (χ0n) is 11.6. The van der Waals surface area contributed by atoms with E-state index in [-0.39, 0.29) is 30.9 Å². The molecule has 0 aromatic carbocycles. The van der Waals surface area contributed by atoms with Crippen molar-refractivity contribution < 1.29 is 14.4 Å². The molecular formula is C13H22N4O3. The van der Waals surface area contributed by atoms with Gasteiger partial charge in [0.1, 0.15) is 0 Å². The lowest BCUT2D eigenvalue weighted by molar-refractivity contribution is -0.126. The number of rotatable bonds is 6. The molecular weight excluding hydrogens is 260 g/mol. The van der Waals surface area contributed by atoms with Gasteiger partial charge in [-0.15, -0.1) is 0 Å². The normalized spacial score (nSPS) is 20.1. The van der Waals surface area contributed by atoms with Crippen LogP contribution in [0.3, 0.4) is 0 Å². The predicted octanol–water partition coefficient (Wildman–Crippen LogP) is -0.566. The van der Waals surface area contributed by atoms with E-state index in [2.05, 4.69) is 16.0 Å². The zero-order valence-corrected chi connectivity index (χ0v) is 11.6. The second-order valence-electron chi connectivity index (χ2n) is 5.29. The first-order valence-electron chi connectivity index (χ1n) is 7.22. The number of nitrogens with zero attached hydrogens (tertiary/aromatic N) is 1. The minimum Gasteiger partial charge on any atom is -0.354 e. The van der Waals surface area contributed by atoms with Crippen molar-refractivity contribution in [3.05, 3.63) is 0 Å². The van der Waals surface area contributed by atoms with E-state index < -0.39 is 0 Å². The third kappa shape index (κ3) is 4.19. The summed E-state index contributed by atoms with van der Waals surface area (Å²) in [6, 6.07) is -0.376. The van der Waals surface area contributed by atoms with Crippen molar-refractivity contribution >= 4 is 17.8 Å². The van der Waals surface area contributed by atoms with E-state index in [1.165, 1.54) is 0 Å². The molecule has 7 heteroatoms. The molecule has 0 saturated carbocycles. The van der Waals surface area contributed by atoms with Gasteiger partial charge in [-0.3, -0.25) is 14.5 Å². The largest absolute Gasteiger partial charge is 0.354 e. The number of hydrogen-bond donors (Lipinski definition) is 3. The van der Waals surface area contributed by atoms with Gasteiger partial charge < -0.3 is 16.0 Å². The average Bonchev–Trinajstić information content (AvgIpc) is 2.78. The Bertz CT molecular complexity index is 364. The Kier molecular flexibility index (Phi) is 5.34. The first kappa shape index (κ1) is 14.8. The van der Waals surface area contributed by atoms with Crippen molar-refractivity contribution in [2.24, 2.45) is 5.92 Å². The molecule has 0 unspecified atom stereocenters. The van der Waals surface area contributed by atoms with Gasteiger partial charge in [0.05, 0.1) is 6.54 Å². The number of carbonyl (C=O) groups excluding carboxylic acids is 3. The third-order valence-corrected chi connectivity index (χ3v) is 3.83. The van der Waals surface area contributed by atoms with Crippen LogP contribution in [-0.2, 0) is 9.59 Å². The highest BCUT2D eigenvalue weighted by Crippen LogP contribution is 2.17. The van der Waals surface area contributed by atoms with E-state index in [0.717, 1.165) is 37.3 Å². The number of hydrogen-bond acceptors (Lipinski definition) is 4. The molecule has 0 radical (unpaired) electrons. The summed E-state index contributed by atoms with van der Waals surface area (Å²) in [7, 11) is 0. The van der Waals surface area contributed by atoms with Crippen LogP contribution in [0.1, 0.15) is 25.7 Å². The van der Waals surface area contributed by atoms with Crippen LogP contribution < -0.4 is 16.0 Å². The molecule has 4 amide bonds. The van der Waals surface area contributed by atoms with E-state index in [1.54, 1.807) is 0 Å². The maximum atomic E-state index is 11.7. The Morgan fingerprint density at radius 3 is 2.70 bits per heavy atom. The van der Waals surface area contributed by atoms with Crippen molar-refractivity contribution in [1.82, 2.24) is 20.9 Å². The number of imide groups is 1. The molecule has 2 rings (SSSR count). The second kappa shape index (κ2) is 7.23. The van der Waals surface area contributed by atoms with Crippen LogP contribution in [0.15, 0.2) is 0 Å². The first-order chi connectivity index (χ1) is 9.66. The molecule has 2 aliphatic rings. The number of amides is 4. The maximum Gasteiger partial charge on any atom is 0.324 e. The van der Waals surface area contributed by atoms with Crippen molar-refractivity contribution in [2.45, 2.75) is 25.7 Å². The summed E-state index contributed by atoms with van der Waals surface area (Å²) in [4.78, 5) is 35.4. The van der Waals surface area contributed by atoms with Gasteiger partial charge in [-0.1, -0.05) is 0 Å². The lowest BCUT2D eigenvalue weighted by atomic mass is 9.93. The summed E-state index contributed by atoms with van der Waals surface area (Å²) in [6.07, 6.45) is 3.70. The molecule has 3 N–H and O–H groups in total. The van der Waals surface area contributed by atoms with E-state index in [0.29, 0.717) is 18.9 Å². The van der Waals surface area contributed by atoms with Crippen LogP contribution in [0.25, 0.3) is 0 Å². The number of urea groups is 1. The van der Waals surface area contributed by atoms with Gasteiger partial charge in [-0.25, -0.2) is 4.79 Å². The smallest absolute Gasteiger partial charge is 0.324 e. The van der Waals surface area contributed by atoms with Crippen molar-refractivity contribution in [2.75, 3.05) is 32.7 Å². The van der Waals surface area contributed by atoms with Gasteiger partial charge in [-0.2, -0.15) is 0 Å². The summed E-state index contributed by atoms with van der Waals surface area (Å²) < 4.78 is 0. The molecule has 0 aromatic heterocycles. The maximum absolute atomic E-state index is 11.7. The first-order valence-corrected chi connectivity index (χ1v) is 7.22. The summed E-state index contributed by atoms with van der Waals surface area (Å²) >= 11 is 0. The molecule has 112 valence electrons. The molecule has 0 aliphatic carbocycles. The monoisotopic (exact) mass is 282 g/mol. The Labute approximate surface area is 118 Å². The Balaban J connectivity index is 1.58. The highest BCUT2D eigenvalue weighted by molar-refractivity contribution is 6.01. The number of nitrogens with one attached hydrogen (secondary N) is 3. The highest BCUT2D eigenvalue weighted by Gasteiger charge is 2.27. The van der Waals surface area contributed by atoms with Crippen molar-refractivity contribution in [1.29, 1.82) is 0 Å². The van der Waals surface area contributed by atoms with Gasteiger partial charge in [0, 0.05) is 19.5 Å². The standard InChI is InChI=1S/C13H22N4O3/c18-11(2-1-10-3-5-14-6-4-10)15-7-8-17-12(19)9-16-13(17)20/h10,14H,1-9H2,(H,15,18)(H,16,20). The minimum atomic E-state index is -0.376. The average molecular weight is 282 g/mol. The van der Waals surface area contributed by atoms with Crippen LogP contribution in [0.5, 0.6) is 0 Å². The lowest BCUT2D eigenvalue weighted by Crippen LogP contribution is -2.38. The van der Waals surface area contributed by atoms with E-state index in [9.17, 15) is 14.4 Å². The van der Waals surface area contributed by atoms with Gasteiger partial charge >= 0.3 is 6.03 Å². The molecule has 0 aromatic rings. The topological polar surface area (TPSA) is 90.5 Å². The number of piperidine rings is 1. The van der Waals surface area contributed by atoms with Gasteiger partial charge in [0.2, 0.25) is 11.8 Å². The van der Waals surface area contributed by atoms with Crippen LogP contribution in [-0.4, -0.2) is 55.5 Å². The molecule has 2 saturated heterocycles. The van der Waals surface area contributed by atoms with E-state index in [4.69, 9.17) is 0 Å². The van der Waals surface area contributed by atoms with Gasteiger partial charge in [0.15, 0.2) is 0 Å². The molecule has 0 spiro atoms. The van der Waals surface area contributed by atoms with Gasteiger partial charge in [0.25, 0.3) is 0 Å². The SMILES string of the molecule is O=C(CCC1CCNCC1)NCCN1C(=O)CNC1=O. The molecule has 0 bridgehead atoms. The fourth-order valence-corrected chi connectivity index (χ4v) is 2.58. The Morgan fingerprint density at radius 1 is 1.30 bits per heavy atom. The quantitative estimate of drug-likeness (QED) is 0.569. The molecule has 20 heavy (non-hydrogen) atoms. The molecule has 7 nitrogen and oxygen atoms in total. The molecule has 0 atom stereocenters. The van der Waals surface area contributed by atoms with Crippen LogP contribution in [0.4, 0.5) is 4.79 Å². The predicted molar refractivity (Wildman–Crippen MR) is 72.9 cm³/mol. The van der Waals surface area contributed by atoms with Crippen LogP contribution in [0, 0.1) is 5.92 Å². The van der Waals surface area contributed by atoms with E-state index >= 15 is 0 Å².